The number of aliphatic hydroxyl groups is 1. The van der Waals surface area contributed by atoms with E-state index in [1.807, 2.05) is 11.8 Å². The van der Waals surface area contributed by atoms with Gasteiger partial charge >= 0.3 is 6.18 Å². The Morgan fingerprint density at radius 1 is 0.966 bits per heavy atom. The Bertz CT molecular complexity index is 2170. The van der Waals surface area contributed by atoms with Gasteiger partial charge in [0.05, 0.1) is 22.1 Å². The standard InChI is InChI=1S/C41H52F4N8O5S/c1-25-20-35(33(42)21-31(25)30-10-12-36(54)48-38(30)55)52-17-15-51(16-18-52)23-27-5-7-28(8-6-27)50-59(57,58)29-9-11-34(26(2)19-29)47-39-46-22-32(41(43,44)45)37(49-39)53-14-4-13-40(3,56)24-53/h9,11,19-22,27-28,30,50,56H,4-8,10,12-18,23-24H2,1-3H3,(H,46,47,49)(H,48,54,55)/t27?,28?,30?,40-/m0/s1. The van der Waals surface area contributed by atoms with E-state index >= 15 is 4.39 Å². The third-order valence-corrected chi connectivity index (χ3v) is 13.7. The van der Waals surface area contributed by atoms with Crippen molar-refractivity contribution in [3.05, 3.63) is 64.6 Å². The molecule has 2 atom stereocenters. The van der Waals surface area contributed by atoms with Gasteiger partial charge in [-0.05, 0) is 119 Å². The first-order valence-corrected chi connectivity index (χ1v) is 21.8. The van der Waals surface area contributed by atoms with Crippen molar-refractivity contribution in [3.63, 3.8) is 0 Å². The zero-order chi connectivity index (χ0) is 42.3. The number of imide groups is 1. The predicted molar refractivity (Wildman–Crippen MR) is 215 cm³/mol. The molecule has 2 amide bonds. The average molecular weight is 845 g/mol. The Balaban J connectivity index is 0.898. The Morgan fingerprint density at radius 3 is 2.36 bits per heavy atom. The maximum atomic E-state index is 15.4. The van der Waals surface area contributed by atoms with E-state index in [1.165, 1.54) is 23.1 Å². The minimum Gasteiger partial charge on any atom is -0.388 e. The van der Waals surface area contributed by atoms with E-state index < -0.39 is 33.3 Å². The largest absolute Gasteiger partial charge is 0.421 e. The predicted octanol–water partition coefficient (Wildman–Crippen LogP) is 5.53. The summed E-state index contributed by atoms with van der Waals surface area (Å²) in [4.78, 5) is 38.0. The number of benzene rings is 2. The van der Waals surface area contributed by atoms with Crippen LogP contribution in [0.4, 0.5) is 40.7 Å². The van der Waals surface area contributed by atoms with E-state index in [0.29, 0.717) is 80.2 Å². The number of carbonyl (C=O) groups is 2. The molecule has 1 unspecified atom stereocenters. The third-order valence-electron chi connectivity index (χ3n) is 12.2. The van der Waals surface area contributed by atoms with Gasteiger partial charge in [-0.2, -0.15) is 18.2 Å². The summed E-state index contributed by atoms with van der Waals surface area (Å²) in [6.07, 6.45) is 0.671. The van der Waals surface area contributed by atoms with Crippen molar-refractivity contribution in [1.82, 2.24) is 24.9 Å². The molecule has 2 aromatic carbocycles. The van der Waals surface area contributed by atoms with Crippen molar-refractivity contribution < 1.29 is 40.7 Å². The maximum absolute atomic E-state index is 15.4. The molecule has 13 nitrogen and oxygen atoms in total. The summed E-state index contributed by atoms with van der Waals surface area (Å²) in [7, 11) is -3.87. The quantitative estimate of drug-likeness (QED) is 0.150. The highest BCUT2D eigenvalue weighted by Gasteiger charge is 2.39. The SMILES string of the molecule is Cc1cc(S(=O)(=O)NC2CCC(CN3CCN(c4cc(C)c(C5CCC(=O)NC5=O)cc4F)CC3)CC2)ccc1Nc1ncc(C(F)(F)F)c(N2CCC[C@](C)(O)C2)n1. The van der Waals surface area contributed by atoms with E-state index in [-0.39, 0.29) is 53.3 Å². The molecule has 4 fully saturated rings. The van der Waals surface area contributed by atoms with E-state index in [2.05, 4.69) is 30.2 Å². The van der Waals surface area contributed by atoms with E-state index in [1.54, 1.807) is 26.0 Å². The van der Waals surface area contributed by atoms with Crippen LogP contribution in [0.2, 0.25) is 0 Å². The number of piperidine rings is 2. The molecule has 4 N–H and O–H groups in total. The summed E-state index contributed by atoms with van der Waals surface area (Å²) >= 11 is 0. The Hall–Kier alpha value is -4.39. The van der Waals surface area contributed by atoms with Crippen LogP contribution in [-0.2, 0) is 25.8 Å². The number of hydrogen-bond donors (Lipinski definition) is 4. The smallest absolute Gasteiger partial charge is 0.388 e. The van der Waals surface area contributed by atoms with Crippen molar-refractivity contribution in [1.29, 1.82) is 0 Å². The van der Waals surface area contributed by atoms with Crippen molar-refractivity contribution in [2.24, 2.45) is 5.92 Å². The van der Waals surface area contributed by atoms with E-state index in [4.69, 9.17) is 0 Å². The fourth-order valence-electron chi connectivity index (χ4n) is 8.92. The van der Waals surface area contributed by atoms with Crippen LogP contribution in [0.15, 0.2) is 41.4 Å². The van der Waals surface area contributed by atoms with Crippen LogP contribution in [0.1, 0.15) is 86.5 Å². The molecular formula is C41H52F4N8O5S. The van der Waals surface area contributed by atoms with Crippen LogP contribution in [0, 0.1) is 25.6 Å². The lowest BCUT2D eigenvalue weighted by atomic mass is 9.86. The number of nitrogens with zero attached hydrogens (tertiary/aromatic N) is 5. The number of alkyl halides is 3. The molecule has 3 aliphatic heterocycles. The first kappa shape index (κ1) is 42.7. The van der Waals surface area contributed by atoms with Crippen LogP contribution in [0.25, 0.3) is 0 Å². The van der Waals surface area contributed by atoms with Gasteiger partial charge in [-0.25, -0.2) is 22.5 Å². The molecule has 18 heteroatoms. The second-order valence-corrected chi connectivity index (χ2v) is 18.6. The second-order valence-electron chi connectivity index (χ2n) is 16.8. The molecule has 3 aromatic rings. The van der Waals surface area contributed by atoms with Crippen LogP contribution < -0.4 is 25.2 Å². The second kappa shape index (κ2) is 16.9. The molecule has 7 rings (SSSR count). The van der Waals surface area contributed by atoms with Gasteiger partial charge in [-0.1, -0.05) is 0 Å². The Kier molecular flexibility index (Phi) is 12.3. The fourth-order valence-corrected chi connectivity index (χ4v) is 10.3. The first-order chi connectivity index (χ1) is 27.8. The number of nitrogens with one attached hydrogen (secondary N) is 3. The summed E-state index contributed by atoms with van der Waals surface area (Å²) in [5.41, 5.74) is 0.753. The van der Waals surface area contributed by atoms with Crippen molar-refractivity contribution >= 4 is 45.0 Å². The fraction of sp³-hybridized carbons (Fsp3) is 0.561. The van der Waals surface area contributed by atoms with Crippen molar-refractivity contribution in [3.8, 4) is 0 Å². The zero-order valence-corrected chi connectivity index (χ0v) is 34.4. The van der Waals surface area contributed by atoms with Gasteiger partial charge in [0.2, 0.25) is 27.8 Å². The lowest BCUT2D eigenvalue weighted by Gasteiger charge is -2.39. The van der Waals surface area contributed by atoms with Gasteiger partial charge in [-0.15, -0.1) is 0 Å². The molecule has 320 valence electrons. The van der Waals surface area contributed by atoms with Crippen molar-refractivity contribution in [2.75, 3.05) is 60.9 Å². The van der Waals surface area contributed by atoms with Gasteiger partial charge in [0.1, 0.15) is 17.2 Å². The molecule has 59 heavy (non-hydrogen) atoms. The summed E-state index contributed by atoms with van der Waals surface area (Å²) in [6.45, 7) is 9.13. The molecule has 0 bridgehead atoms. The maximum Gasteiger partial charge on any atom is 0.421 e. The first-order valence-electron chi connectivity index (χ1n) is 20.3. The molecule has 0 radical (unpaired) electrons. The topological polar surface area (TPSA) is 160 Å². The number of sulfonamides is 1. The van der Waals surface area contributed by atoms with Gasteiger partial charge in [0.15, 0.2) is 0 Å². The minimum atomic E-state index is -4.70. The summed E-state index contributed by atoms with van der Waals surface area (Å²) < 4.78 is 87.0. The number of β-amino-alcohol motifs (C(OH)–C–C–N with tert-alkyl or cyclic N) is 1. The van der Waals surface area contributed by atoms with Crippen LogP contribution in [-0.4, -0.2) is 97.7 Å². The van der Waals surface area contributed by atoms with Crippen LogP contribution in [0.3, 0.4) is 0 Å². The molecule has 1 saturated carbocycles. The van der Waals surface area contributed by atoms with E-state index in [0.717, 1.165) is 44.2 Å². The Morgan fingerprint density at radius 2 is 1.69 bits per heavy atom. The number of rotatable bonds is 10. The lowest BCUT2D eigenvalue weighted by Crippen LogP contribution is -2.48. The van der Waals surface area contributed by atoms with Gasteiger partial charge < -0.3 is 20.2 Å². The molecule has 3 saturated heterocycles. The number of aromatic nitrogens is 2. The third kappa shape index (κ3) is 9.98. The number of aryl methyl sites for hydroxylation is 2. The highest BCUT2D eigenvalue weighted by atomic mass is 32.2. The van der Waals surface area contributed by atoms with Gasteiger partial charge in [-0.3, -0.25) is 19.8 Å². The minimum absolute atomic E-state index is 0.0118. The summed E-state index contributed by atoms with van der Waals surface area (Å²) in [5, 5.41) is 15.8. The molecule has 4 aliphatic rings. The monoisotopic (exact) mass is 844 g/mol. The highest BCUT2D eigenvalue weighted by Crippen LogP contribution is 2.38. The van der Waals surface area contributed by atoms with Gasteiger partial charge in [0.25, 0.3) is 0 Å². The molecule has 0 spiro atoms. The number of anilines is 4. The number of halogens is 4. The number of piperazine rings is 1. The Labute approximate surface area is 342 Å². The highest BCUT2D eigenvalue weighted by molar-refractivity contribution is 7.89. The van der Waals surface area contributed by atoms with Crippen molar-refractivity contribution in [2.45, 2.75) is 101 Å². The van der Waals surface area contributed by atoms with E-state index in [9.17, 15) is 36.3 Å². The molecule has 1 aromatic heterocycles. The van der Waals surface area contributed by atoms with Crippen LogP contribution >= 0.6 is 0 Å². The lowest BCUT2D eigenvalue weighted by molar-refractivity contribution is -0.138. The number of hydrogen-bond acceptors (Lipinski definition) is 11. The molecular weight excluding hydrogens is 793 g/mol. The summed E-state index contributed by atoms with van der Waals surface area (Å²) in [6, 6.07) is 7.50. The van der Waals surface area contributed by atoms with Gasteiger partial charge in [0, 0.05) is 70.2 Å². The number of carbonyl (C=O) groups excluding carboxylic acids is 2. The number of amides is 2. The average Bonchev–Trinajstić information content (AvgIpc) is 3.17. The zero-order valence-electron chi connectivity index (χ0n) is 33.5. The molecule has 1 aliphatic carbocycles. The summed E-state index contributed by atoms with van der Waals surface area (Å²) in [5.74, 6) is -1.62. The van der Waals surface area contributed by atoms with Crippen LogP contribution in [0.5, 0.6) is 0 Å². The normalized spacial score (nSPS) is 24.9. The molecule has 4 heterocycles.